The maximum Gasteiger partial charge on any atom is 0.225 e. The molecule has 0 aliphatic rings. The van der Waals surface area contributed by atoms with Crippen molar-refractivity contribution < 1.29 is 14.6 Å². The lowest BCUT2D eigenvalue weighted by molar-refractivity contribution is -0.120. The van der Waals surface area contributed by atoms with Gasteiger partial charge < -0.3 is 15.2 Å². The lowest BCUT2D eigenvalue weighted by Gasteiger charge is -2.12. The molecular weight excluding hydrogens is 276 g/mol. The number of thiophene rings is 1. The van der Waals surface area contributed by atoms with Crippen molar-refractivity contribution in [3.8, 4) is 5.88 Å². The number of rotatable bonds is 6. The Balaban J connectivity index is 1.85. The molecular formula is C14H16N2O3S. The van der Waals surface area contributed by atoms with Crippen LogP contribution in [0.5, 0.6) is 5.88 Å². The number of nitrogens with zero attached hydrogens (tertiary/aromatic N) is 1. The molecule has 2 aromatic rings. The van der Waals surface area contributed by atoms with Gasteiger partial charge in [0.1, 0.15) is 6.10 Å². The van der Waals surface area contributed by atoms with Crippen LogP contribution in [0.2, 0.25) is 0 Å². The minimum atomic E-state index is -0.850. The van der Waals surface area contributed by atoms with Gasteiger partial charge in [-0.15, -0.1) is 11.3 Å². The highest BCUT2D eigenvalue weighted by atomic mass is 32.1. The predicted octanol–water partition coefficient (Wildman–Crippen LogP) is 1.54. The number of amides is 1. The van der Waals surface area contributed by atoms with Crippen LogP contribution in [0.3, 0.4) is 0 Å². The second kappa shape index (κ2) is 7.02. The van der Waals surface area contributed by atoms with Gasteiger partial charge in [-0.3, -0.25) is 4.79 Å². The summed E-state index contributed by atoms with van der Waals surface area (Å²) in [5, 5.41) is 14.6. The molecule has 1 atom stereocenters. The van der Waals surface area contributed by atoms with Gasteiger partial charge in [0.2, 0.25) is 11.8 Å². The van der Waals surface area contributed by atoms with Crippen molar-refractivity contribution in [1.29, 1.82) is 0 Å². The first kappa shape index (κ1) is 14.5. The van der Waals surface area contributed by atoms with Crippen molar-refractivity contribution in [2.75, 3.05) is 13.7 Å². The third-order valence-corrected chi connectivity index (χ3v) is 3.58. The van der Waals surface area contributed by atoms with E-state index in [2.05, 4.69) is 10.3 Å². The van der Waals surface area contributed by atoms with Crippen LogP contribution in [0.25, 0.3) is 0 Å². The zero-order valence-electron chi connectivity index (χ0n) is 11.1. The summed E-state index contributed by atoms with van der Waals surface area (Å²) in [6, 6.07) is 8.95. The Morgan fingerprint density at radius 3 is 3.00 bits per heavy atom. The Kier molecular flexibility index (Phi) is 5.09. The Morgan fingerprint density at radius 2 is 2.30 bits per heavy atom. The molecule has 2 rings (SSSR count). The molecule has 1 amide bonds. The average Bonchev–Trinajstić information content (AvgIpc) is 2.97. The lowest BCUT2D eigenvalue weighted by atomic mass is 10.2. The Morgan fingerprint density at radius 1 is 1.45 bits per heavy atom. The summed E-state index contributed by atoms with van der Waals surface area (Å²) in [7, 11) is 1.52. The third kappa shape index (κ3) is 4.04. The number of nitrogens with one attached hydrogen (secondary N) is 1. The van der Waals surface area contributed by atoms with Crippen LogP contribution in [0.1, 0.15) is 16.7 Å². The van der Waals surface area contributed by atoms with E-state index in [4.69, 9.17) is 4.74 Å². The van der Waals surface area contributed by atoms with Gasteiger partial charge in [0.15, 0.2) is 0 Å². The van der Waals surface area contributed by atoms with Crippen LogP contribution >= 0.6 is 11.3 Å². The predicted molar refractivity (Wildman–Crippen MR) is 76.8 cm³/mol. The van der Waals surface area contributed by atoms with E-state index >= 15 is 0 Å². The summed E-state index contributed by atoms with van der Waals surface area (Å²) in [5.41, 5.74) is 0.473. The van der Waals surface area contributed by atoms with Crippen LogP contribution in [-0.4, -0.2) is 29.7 Å². The normalized spacial score (nSPS) is 11.9. The van der Waals surface area contributed by atoms with Crippen molar-refractivity contribution in [2.45, 2.75) is 12.5 Å². The number of hydrogen-bond donors (Lipinski definition) is 2. The van der Waals surface area contributed by atoms with Crippen LogP contribution in [0.15, 0.2) is 35.7 Å². The fourth-order valence-corrected chi connectivity index (χ4v) is 2.38. The number of aliphatic hydroxyl groups excluding tert-OH is 1. The summed E-state index contributed by atoms with van der Waals surface area (Å²) in [6.07, 6.45) is -0.520. The molecule has 0 bridgehead atoms. The molecule has 0 radical (unpaired) electrons. The molecule has 20 heavy (non-hydrogen) atoms. The molecule has 2 heterocycles. The highest BCUT2D eigenvalue weighted by molar-refractivity contribution is 7.10. The first-order valence-corrected chi connectivity index (χ1v) is 7.05. The number of aliphatic hydroxyl groups is 1. The van der Waals surface area contributed by atoms with Crippen LogP contribution in [0.4, 0.5) is 0 Å². The molecule has 6 heteroatoms. The summed E-state index contributed by atoms with van der Waals surface area (Å²) >= 11 is 1.53. The fourth-order valence-electron chi connectivity index (χ4n) is 1.68. The maximum atomic E-state index is 11.7. The van der Waals surface area contributed by atoms with E-state index in [9.17, 15) is 9.90 Å². The van der Waals surface area contributed by atoms with Gasteiger partial charge in [0, 0.05) is 17.5 Å². The quantitative estimate of drug-likeness (QED) is 0.847. The Labute approximate surface area is 121 Å². The molecule has 0 aromatic carbocycles. The summed E-state index contributed by atoms with van der Waals surface area (Å²) < 4.78 is 4.99. The number of ether oxygens (including phenoxy) is 1. The van der Waals surface area contributed by atoms with Gasteiger partial charge >= 0.3 is 0 Å². The number of carbonyl (C=O) groups is 1. The van der Waals surface area contributed by atoms with Crippen LogP contribution < -0.4 is 10.1 Å². The number of hydrogen-bond acceptors (Lipinski definition) is 5. The van der Waals surface area contributed by atoms with E-state index in [0.29, 0.717) is 18.0 Å². The largest absolute Gasteiger partial charge is 0.481 e. The van der Waals surface area contributed by atoms with Gasteiger partial charge in [-0.1, -0.05) is 12.1 Å². The van der Waals surface area contributed by atoms with E-state index in [1.165, 1.54) is 18.4 Å². The van der Waals surface area contributed by atoms with E-state index < -0.39 is 6.10 Å². The molecule has 0 fully saturated rings. The van der Waals surface area contributed by atoms with E-state index in [1.54, 1.807) is 18.2 Å². The average molecular weight is 292 g/mol. The van der Waals surface area contributed by atoms with Gasteiger partial charge in [-0.05, 0) is 17.5 Å². The number of methoxy groups -OCH3 is 1. The Bertz CT molecular complexity index is 557. The summed E-state index contributed by atoms with van der Waals surface area (Å²) in [5.74, 6) is 0.320. The van der Waals surface area contributed by atoms with Crippen LogP contribution in [-0.2, 0) is 11.2 Å². The molecule has 2 aromatic heterocycles. The van der Waals surface area contributed by atoms with Gasteiger partial charge in [-0.25, -0.2) is 4.98 Å². The molecule has 0 saturated carbocycles. The standard InChI is InChI=1S/C14H16N2O3S/c1-19-14-6-2-5-11(16-14)12(17)9-15-13(18)8-10-4-3-7-20-10/h2-7,12,17H,8-9H2,1H3,(H,15,18). The van der Waals surface area contributed by atoms with Crippen molar-refractivity contribution in [3.63, 3.8) is 0 Å². The van der Waals surface area contributed by atoms with E-state index in [0.717, 1.165) is 4.88 Å². The van der Waals surface area contributed by atoms with Crippen molar-refractivity contribution in [2.24, 2.45) is 0 Å². The monoisotopic (exact) mass is 292 g/mol. The SMILES string of the molecule is COc1cccc(C(O)CNC(=O)Cc2cccs2)n1. The molecule has 0 aliphatic heterocycles. The smallest absolute Gasteiger partial charge is 0.225 e. The van der Waals surface area contributed by atoms with Crippen molar-refractivity contribution in [3.05, 3.63) is 46.3 Å². The summed E-state index contributed by atoms with van der Waals surface area (Å²) in [4.78, 5) is 16.8. The highest BCUT2D eigenvalue weighted by Gasteiger charge is 2.12. The lowest BCUT2D eigenvalue weighted by Crippen LogP contribution is -2.29. The third-order valence-electron chi connectivity index (χ3n) is 2.70. The zero-order chi connectivity index (χ0) is 14.4. The van der Waals surface area contributed by atoms with Crippen molar-refractivity contribution in [1.82, 2.24) is 10.3 Å². The van der Waals surface area contributed by atoms with Gasteiger partial charge in [-0.2, -0.15) is 0 Å². The van der Waals surface area contributed by atoms with E-state index in [-0.39, 0.29) is 12.5 Å². The van der Waals surface area contributed by atoms with Gasteiger partial charge in [0.05, 0.1) is 19.2 Å². The number of carbonyl (C=O) groups excluding carboxylic acids is 1. The van der Waals surface area contributed by atoms with Crippen LogP contribution in [0, 0.1) is 0 Å². The Hall–Kier alpha value is -1.92. The highest BCUT2D eigenvalue weighted by Crippen LogP contribution is 2.14. The fraction of sp³-hybridized carbons (Fsp3) is 0.286. The number of pyridine rings is 1. The van der Waals surface area contributed by atoms with Crippen molar-refractivity contribution >= 4 is 17.2 Å². The topological polar surface area (TPSA) is 71.5 Å². The maximum absolute atomic E-state index is 11.7. The number of aromatic nitrogens is 1. The van der Waals surface area contributed by atoms with Gasteiger partial charge in [0.25, 0.3) is 0 Å². The molecule has 0 saturated heterocycles. The molecule has 1 unspecified atom stereocenters. The zero-order valence-corrected chi connectivity index (χ0v) is 11.9. The second-order valence-electron chi connectivity index (χ2n) is 4.18. The summed E-state index contributed by atoms with van der Waals surface area (Å²) in [6.45, 7) is 0.129. The molecule has 0 aliphatic carbocycles. The second-order valence-corrected chi connectivity index (χ2v) is 5.21. The first-order chi connectivity index (χ1) is 9.69. The first-order valence-electron chi connectivity index (χ1n) is 6.17. The minimum absolute atomic E-state index is 0.116. The molecule has 5 nitrogen and oxygen atoms in total. The van der Waals surface area contributed by atoms with E-state index in [1.807, 2.05) is 17.5 Å². The minimum Gasteiger partial charge on any atom is -0.481 e. The molecule has 0 spiro atoms. The molecule has 106 valence electrons. The molecule has 2 N–H and O–H groups in total.